The molecule has 0 bridgehead atoms. The number of carbonyl (C=O) groups is 1. The molecule has 2 aromatic carbocycles. The van der Waals surface area contributed by atoms with Gasteiger partial charge in [0.15, 0.2) is 0 Å². The van der Waals surface area contributed by atoms with E-state index >= 15 is 0 Å². The van der Waals surface area contributed by atoms with Crippen LogP contribution in [0, 0.1) is 5.82 Å². The summed E-state index contributed by atoms with van der Waals surface area (Å²) < 4.78 is 14.9. The lowest BCUT2D eigenvalue weighted by Gasteiger charge is -2.18. The zero-order chi connectivity index (χ0) is 22.3. The Balaban J connectivity index is 0.00000259. The Hall–Kier alpha value is -3.03. The van der Waals surface area contributed by atoms with E-state index in [-0.39, 0.29) is 30.1 Å². The highest BCUT2D eigenvalue weighted by Crippen LogP contribution is 2.53. The number of fused-ring (bicyclic) bond motifs is 1. The van der Waals surface area contributed by atoms with E-state index < -0.39 is 5.97 Å². The lowest BCUT2D eigenvalue weighted by molar-refractivity contribution is -0.136. The zero-order valence-corrected chi connectivity index (χ0v) is 19.6. The van der Waals surface area contributed by atoms with Gasteiger partial charge < -0.3 is 10.0 Å². The third kappa shape index (κ3) is 4.43. The molecular weight excluding hydrogens is 461 g/mol. The van der Waals surface area contributed by atoms with E-state index in [0.717, 1.165) is 28.9 Å². The van der Waals surface area contributed by atoms with Crippen molar-refractivity contribution < 1.29 is 14.3 Å². The Morgan fingerprint density at radius 2 is 1.88 bits per heavy atom. The Labute approximate surface area is 201 Å². The van der Waals surface area contributed by atoms with E-state index in [1.54, 1.807) is 24.1 Å². The number of aliphatic carboxylic acids is 1. The summed E-state index contributed by atoms with van der Waals surface area (Å²) in [7, 11) is 1.75. The number of carboxylic acids is 1. The number of hydrogen-bond donors (Lipinski definition) is 1. The fourth-order valence-electron chi connectivity index (χ4n) is 4.08. The smallest absolute Gasteiger partial charge is 0.305 e. The molecule has 0 amide bonds. The van der Waals surface area contributed by atoms with Gasteiger partial charge in [0.05, 0.1) is 12.1 Å². The first kappa shape index (κ1) is 23.1. The lowest BCUT2D eigenvalue weighted by Crippen LogP contribution is -2.21. The molecular formula is C25H23ClFN3O2S. The quantitative estimate of drug-likeness (QED) is 0.354. The number of carboxylic acid groups (broad SMARTS) is 1. The van der Waals surface area contributed by atoms with Gasteiger partial charge in [-0.3, -0.25) is 4.79 Å². The number of rotatable bonds is 7. The van der Waals surface area contributed by atoms with E-state index in [0.29, 0.717) is 22.8 Å². The molecule has 0 saturated heterocycles. The number of benzene rings is 2. The topological polar surface area (TPSA) is 66.3 Å². The van der Waals surface area contributed by atoms with Crippen molar-refractivity contribution in [2.75, 3.05) is 18.5 Å². The monoisotopic (exact) mass is 483 g/mol. The van der Waals surface area contributed by atoms with E-state index in [9.17, 15) is 9.18 Å². The number of hydrogen-bond acceptors (Lipinski definition) is 5. The predicted molar refractivity (Wildman–Crippen MR) is 132 cm³/mol. The molecule has 5 nitrogen and oxygen atoms in total. The molecule has 4 aromatic rings. The molecule has 33 heavy (non-hydrogen) atoms. The van der Waals surface area contributed by atoms with Gasteiger partial charge in [-0.1, -0.05) is 41.7 Å². The minimum atomic E-state index is -0.879. The molecule has 1 aliphatic rings. The van der Waals surface area contributed by atoms with Gasteiger partial charge in [0, 0.05) is 30.3 Å². The van der Waals surface area contributed by atoms with Gasteiger partial charge in [-0.15, -0.1) is 12.4 Å². The molecule has 2 aromatic heterocycles. The van der Waals surface area contributed by atoms with Gasteiger partial charge in [-0.05, 0) is 48.7 Å². The molecule has 0 spiro atoms. The largest absolute Gasteiger partial charge is 0.481 e. The van der Waals surface area contributed by atoms with Crippen molar-refractivity contribution in [3.8, 4) is 10.6 Å². The second-order valence-electron chi connectivity index (χ2n) is 8.22. The molecule has 2 heterocycles. The van der Waals surface area contributed by atoms with E-state index in [4.69, 9.17) is 10.1 Å². The Bertz CT molecular complexity index is 1310. The van der Waals surface area contributed by atoms with Crippen LogP contribution in [0.2, 0.25) is 0 Å². The Morgan fingerprint density at radius 3 is 2.55 bits per heavy atom. The maximum absolute atomic E-state index is 14.9. The van der Waals surface area contributed by atoms with Crippen LogP contribution in [-0.4, -0.2) is 34.6 Å². The highest BCUT2D eigenvalue weighted by Gasteiger charge is 2.47. The van der Waals surface area contributed by atoms with Crippen molar-refractivity contribution in [2.24, 2.45) is 0 Å². The maximum atomic E-state index is 14.9. The third-order valence-electron chi connectivity index (χ3n) is 6.11. The van der Waals surface area contributed by atoms with Crippen LogP contribution in [-0.2, 0) is 10.2 Å². The Kier molecular flexibility index (Phi) is 6.36. The number of aromatic nitrogens is 2. The number of nitrogens with zero attached hydrogens (tertiary/aromatic N) is 3. The number of halogens is 2. The van der Waals surface area contributed by atoms with Crippen LogP contribution in [0.5, 0.6) is 0 Å². The van der Waals surface area contributed by atoms with Crippen molar-refractivity contribution in [1.82, 2.24) is 9.97 Å². The summed E-state index contributed by atoms with van der Waals surface area (Å²) in [4.78, 5) is 22.9. The number of anilines is 1. The van der Waals surface area contributed by atoms with Crippen LogP contribution in [0.15, 0.2) is 60.7 Å². The Morgan fingerprint density at radius 1 is 1.12 bits per heavy atom. The minimum Gasteiger partial charge on any atom is -0.481 e. The molecule has 1 aliphatic carbocycles. The van der Waals surface area contributed by atoms with E-state index in [2.05, 4.69) is 29.2 Å². The molecule has 1 N–H and O–H groups in total. The van der Waals surface area contributed by atoms with Crippen LogP contribution < -0.4 is 4.90 Å². The van der Waals surface area contributed by atoms with Gasteiger partial charge in [-0.25, -0.2) is 14.4 Å². The first-order chi connectivity index (χ1) is 15.5. The SMILES string of the molecule is CN(CCC(=O)O)c1ccc(-c2nc3ccc(C4(c5ccccc5)CC4)nc3s2)c(F)c1.Cl. The van der Waals surface area contributed by atoms with Crippen LogP contribution in [0.25, 0.3) is 20.9 Å². The maximum Gasteiger partial charge on any atom is 0.305 e. The fraction of sp³-hybridized carbons (Fsp3) is 0.240. The summed E-state index contributed by atoms with van der Waals surface area (Å²) in [5, 5.41) is 9.44. The molecule has 0 radical (unpaired) electrons. The average Bonchev–Trinajstić information content (AvgIpc) is 3.50. The van der Waals surface area contributed by atoms with Gasteiger partial charge in [0.1, 0.15) is 21.2 Å². The summed E-state index contributed by atoms with van der Waals surface area (Å²) >= 11 is 1.39. The number of thiazole rings is 1. The summed E-state index contributed by atoms with van der Waals surface area (Å²) in [5.74, 6) is -1.26. The first-order valence-corrected chi connectivity index (χ1v) is 11.3. The predicted octanol–water partition coefficient (Wildman–Crippen LogP) is 5.91. The second-order valence-corrected chi connectivity index (χ2v) is 9.19. The van der Waals surface area contributed by atoms with Crippen molar-refractivity contribution in [3.05, 3.63) is 77.7 Å². The summed E-state index contributed by atoms with van der Waals surface area (Å²) in [5.41, 5.74) is 4.13. The van der Waals surface area contributed by atoms with Gasteiger partial charge in [0.2, 0.25) is 0 Å². The van der Waals surface area contributed by atoms with E-state index in [1.807, 2.05) is 18.2 Å². The molecule has 1 fully saturated rings. The van der Waals surface area contributed by atoms with Crippen molar-refractivity contribution in [1.29, 1.82) is 0 Å². The average molecular weight is 484 g/mol. The highest BCUT2D eigenvalue weighted by molar-refractivity contribution is 7.21. The molecule has 8 heteroatoms. The third-order valence-corrected chi connectivity index (χ3v) is 7.11. The van der Waals surface area contributed by atoms with Crippen molar-refractivity contribution >= 4 is 45.7 Å². The molecule has 0 atom stereocenters. The van der Waals surface area contributed by atoms with Gasteiger partial charge >= 0.3 is 5.97 Å². The molecule has 5 rings (SSSR count). The first-order valence-electron chi connectivity index (χ1n) is 10.5. The normalized spacial score (nSPS) is 14.0. The highest BCUT2D eigenvalue weighted by atomic mass is 35.5. The fourth-order valence-corrected chi connectivity index (χ4v) is 5.05. The minimum absolute atomic E-state index is 0. The van der Waals surface area contributed by atoms with Crippen molar-refractivity contribution in [3.63, 3.8) is 0 Å². The van der Waals surface area contributed by atoms with Crippen LogP contribution in [0.1, 0.15) is 30.5 Å². The zero-order valence-electron chi connectivity index (χ0n) is 18.0. The molecule has 170 valence electrons. The standard InChI is InChI=1S/C25H22FN3O2S.ClH/c1-29(14-11-22(30)31)17-7-8-18(19(26)15-17)23-27-20-9-10-21(28-24(20)32-23)25(12-13-25)16-5-3-2-4-6-16;/h2-10,15H,11-14H2,1H3,(H,30,31);1H. The van der Waals surface area contributed by atoms with Gasteiger partial charge in [0.25, 0.3) is 0 Å². The van der Waals surface area contributed by atoms with Crippen LogP contribution in [0.4, 0.5) is 10.1 Å². The molecule has 0 aliphatic heterocycles. The van der Waals surface area contributed by atoms with E-state index in [1.165, 1.54) is 23.0 Å². The molecule has 1 saturated carbocycles. The lowest BCUT2D eigenvalue weighted by atomic mass is 9.92. The van der Waals surface area contributed by atoms with Crippen LogP contribution in [0.3, 0.4) is 0 Å². The summed E-state index contributed by atoms with van der Waals surface area (Å²) in [6.07, 6.45) is 2.15. The van der Waals surface area contributed by atoms with Crippen LogP contribution >= 0.6 is 23.7 Å². The van der Waals surface area contributed by atoms with Gasteiger partial charge in [-0.2, -0.15) is 0 Å². The summed E-state index contributed by atoms with van der Waals surface area (Å²) in [6, 6.07) is 19.4. The summed E-state index contributed by atoms with van der Waals surface area (Å²) in [6.45, 7) is 0.311. The van der Waals surface area contributed by atoms with Crippen molar-refractivity contribution in [2.45, 2.75) is 24.7 Å². The number of pyridine rings is 1. The second kappa shape index (κ2) is 9.08. The molecule has 0 unspecified atom stereocenters.